The monoisotopic (exact) mass is 198 g/mol. The van der Waals surface area contributed by atoms with E-state index in [1.54, 1.807) is 0 Å². The zero-order chi connectivity index (χ0) is 11.0. The van der Waals surface area contributed by atoms with Crippen molar-refractivity contribution in [2.75, 3.05) is 26.2 Å². The van der Waals surface area contributed by atoms with Crippen LogP contribution in [0.5, 0.6) is 0 Å². The second-order valence-corrected chi connectivity index (χ2v) is 3.27. The topological polar surface area (TPSA) is 52.6 Å². The zero-order valence-electron chi connectivity index (χ0n) is 8.79. The highest BCUT2D eigenvalue weighted by Gasteiger charge is 2.12. The van der Waals surface area contributed by atoms with E-state index in [1.165, 1.54) is 0 Å². The normalized spacial score (nSPS) is 10.3. The van der Waals surface area contributed by atoms with Crippen molar-refractivity contribution < 1.29 is 9.90 Å². The van der Waals surface area contributed by atoms with Crippen LogP contribution in [-0.4, -0.2) is 48.2 Å². The average molecular weight is 198 g/mol. The molecule has 0 fully saturated rings. The summed E-state index contributed by atoms with van der Waals surface area (Å²) in [5.74, 6) is 2.23. The molecular weight excluding hydrogens is 180 g/mol. The number of amides is 1. The molecule has 0 aromatic heterocycles. The molecule has 0 aliphatic carbocycles. The van der Waals surface area contributed by atoms with Crippen LogP contribution >= 0.6 is 0 Å². The fourth-order valence-electron chi connectivity index (χ4n) is 1.04. The predicted molar refractivity (Wildman–Crippen MR) is 55.6 cm³/mol. The summed E-state index contributed by atoms with van der Waals surface area (Å²) in [6.07, 6.45) is 5.01. The first kappa shape index (κ1) is 12.9. The lowest BCUT2D eigenvalue weighted by molar-refractivity contribution is -0.122. The Morgan fingerprint density at radius 3 is 2.71 bits per heavy atom. The first-order chi connectivity index (χ1) is 6.61. The van der Waals surface area contributed by atoms with Gasteiger partial charge in [0.2, 0.25) is 5.91 Å². The molecule has 0 unspecified atom stereocenters. The number of aliphatic hydroxyl groups is 1. The van der Waals surface area contributed by atoms with Gasteiger partial charge in [0.05, 0.1) is 19.7 Å². The van der Waals surface area contributed by atoms with Crippen molar-refractivity contribution in [1.29, 1.82) is 0 Å². The van der Waals surface area contributed by atoms with E-state index in [1.807, 2.05) is 18.7 Å². The summed E-state index contributed by atoms with van der Waals surface area (Å²) in [4.78, 5) is 13.1. The third-order valence-electron chi connectivity index (χ3n) is 1.85. The van der Waals surface area contributed by atoms with Gasteiger partial charge in [0.1, 0.15) is 0 Å². The Kier molecular flexibility index (Phi) is 6.81. The van der Waals surface area contributed by atoms with Crippen molar-refractivity contribution in [2.45, 2.75) is 19.9 Å². The van der Waals surface area contributed by atoms with Crippen LogP contribution in [0.4, 0.5) is 0 Å². The number of carbonyl (C=O) groups excluding carboxylic acids is 1. The molecule has 0 rings (SSSR count). The van der Waals surface area contributed by atoms with Crippen LogP contribution in [0.25, 0.3) is 0 Å². The van der Waals surface area contributed by atoms with Gasteiger partial charge in [-0.05, 0) is 13.8 Å². The van der Waals surface area contributed by atoms with Crippen LogP contribution in [0.15, 0.2) is 0 Å². The molecule has 4 nitrogen and oxygen atoms in total. The number of hydrogen-bond acceptors (Lipinski definition) is 3. The third-order valence-corrected chi connectivity index (χ3v) is 1.85. The highest BCUT2D eigenvalue weighted by atomic mass is 16.3. The fourth-order valence-corrected chi connectivity index (χ4v) is 1.04. The summed E-state index contributed by atoms with van der Waals surface area (Å²) in [6, 6.07) is 0.235. The Morgan fingerprint density at radius 1 is 1.64 bits per heavy atom. The number of aliphatic hydroxyl groups excluding tert-OH is 1. The third kappa shape index (κ3) is 5.57. The molecule has 0 radical (unpaired) electrons. The average Bonchev–Trinajstić information content (AvgIpc) is 2.14. The van der Waals surface area contributed by atoms with Gasteiger partial charge in [-0.25, -0.2) is 0 Å². The minimum atomic E-state index is -0.106. The summed E-state index contributed by atoms with van der Waals surface area (Å²) in [5, 5.41) is 11.3. The summed E-state index contributed by atoms with van der Waals surface area (Å²) in [5.41, 5.74) is 0. The molecule has 1 amide bonds. The summed E-state index contributed by atoms with van der Waals surface area (Å²) in [6.45, 7) is 5.04. The molecule has 2 N–H and O–H groups in total. The quantitative estimate of drug-likeness (QED) is 0.562. The van der Waals surface area contributed by atoms with E-state index < -0.39 is 0 Å². The van der Waals surface area contributed by atoms with Crippen LogP contribution in [0.2, 0.25) is 0 Å². The van der Waals surface area contributed by atoms with Gasteiger partial charge in [-0.2, -0.15) is 0 Å². The van der Waals surface area contributed by atoms with E-state index in [2.05, 4.69) is 11.2 Å². The number of hydrogen-bond donors (Lipinski definition) is 2. The van der Waals surface area contributed by atoms with Gasteiger partial charge >= 0.3 is 0 Å². The molecule has 0 saturated heterocycles. The van der Waals surface area contributed by atoms with Crippen LogP contribution in [-0.2, 0) is 4.79 Å². The maximum atomic E-state index is 11.3. The Hall–Kier alpha value is -1.05. The van der Waals surface area contributed by atoms with Crippen molar-refractivity contribution in [3.05, 3.63) is 0 Å². The van der Waals surface area contributed by atoms with Crippen molar-refractivity contribution in [3.63, 3.8) is 0 Å². The Labute approximate surface area is 85.3 Å². The Balaban J connectivity index is 3.91. The summed E-state index contributed by atoms with van der Waals surface area (Å²) >= 11 is 0. The fraction of sp³-hybridized carbons (Fsp3) is 0.700. The lowest BCUT2D eigenvalue weighted by Crippen LogP contribution is -2.42. The molecule has 0 aromatic carbocycles. The van der Waals surface area contributed by atoms with Gasteiger partial charge < -0.3 is 10.4 Å². The minimum absolute atomic E-state index is 0.0561. The molecule has 0 aliphatic heterocycles. The van der Waals surface area contributed by atoms with E-state index in [0.29, 0.717) is 6.54 Å². The number of nitrogens with zero attached hydrogens (tertiary/aromatic N) is 1. The molecule has 0 heterocycles. The number of rotatable bonds is 6. The predicted octanol–water partition coefficient (Wildman–Crippen LogP) is -0.561. The SMILES string of the molecule is C#CCNC(=O)CN(CCO)C(C)C. The van der Waals surface area contributed by atoms with Crippen LogP contribution in [0, 0.1) is 12.3 Å². The summed E-state index contributed by atoms with van der Waals surface area (Å²) in [7, 11) is 0. The first-order valence-corrected chi connectivity index (χ1v) is 4.67. The molecule has 0 aromatic rings. The van der Waals surface area contributed by atoms with E-state index in [-0.39, 0.29) is 31.6 Å². The zero-order valence-corrected chi connectivity index (χ0v) is 8.79. The Morgan fingerprint density at radius 2 is 2.29 bits per heavy atom. The summed E-state index contributed by atoms with van der Waals surface area (Å²) < 4.78 is 0. The van der Waals surface area contributed by atoms with Crippen molar-refractivity contribution >= 4 is 5.91 Å². The van der Waals surface area contributed by atoms with E-state index in [9.17, 15) is 4.79 Å². The van der Waals surface area contributed by atoms with Gasteiger partial charge in [-0.1, -0.05) is 5.92 Å². The number of terminal acetylenes is 1. The molecule has 0 saturated carbocycles. The minimum Gasteiger partial charge on any atom is -0.395 e. The van der Waals surface area contributed by atoms with Gasteiger partial charge in [-0.15, -0.1) is 6.42 Å². The smallest absolute Gasteiger partial charge is 0.234 e. The van der Waals surface area contributed by atoms with Gasteiger partial charge in [0.25, 0.3) is 0 Å². The molecular formula is C10H18N2O2. The lowest BCUT2D eigenvalue weighted by Gasteiger charge is -2.24. The van der Waals surface area contributed by atoms with Crippen LogP contribution in [0.3, 0.4) is 0 Å². The maximum Gasteiger partial charge on any atom is 0.234 e. The number of nitrogens with one attached hydrogen (secondary N) is 1. The Bertz CT molecular complexity index is 209. The van der Waals surface area contributed by atoms with E-state index >= 15 is 0 Å². The highest BCUT2D eigenvalue weighted by molar-refractivity contribution is 5.78. The van der Waals surface area contributed by atoms with Crippen LogP contribution in [0.1, 0.15) is 13.8 Å². The van der Waals surface area contributed by atoms with Gasteiger partial charge in [0.15, 0.2) is 0 Å². The molecule has 0 aliphatic rings. The molecule has 0 spiro atoms. The van der Waals surface area contributed by atoms with Crippen molar-refractivity contribution in [3.8, 4) is 12.3 Å². The van der Waals surface area contributed by atoms with Crippen molar-refractivity contribution in [1.82, 2.24) is 10.2 Å². The maximum absolute atomic E-state index is 11.3. The van der Waals surface area contributed by atoms with Crippen LogP contribution < -0.4 is 5.32 Å². The van der Waals surface area contributed by atoms with Gasteiger partial charge in [-0.3, -0.25) is 9.69 Å². The molecule has 0 bridgehead atoms. The largest absolute Gasteiger partial charge is 0.395 e. The molecule has 0 atom stereocenters. The lowest BCUT2D eigenvalue weighted by atomic mass is 10.3. The van der Waals surface area contributed by atoms with Gasteiger partial charge in [0, 0.05) is 12.6 Å². The molecule has 4 heteroatoms. The van der Waals surface area contributed by atoms with Crippen molar-refractivity contribution in [2.24, 2.45) is 0 Å². The second kappa shape index (κ2) is 7.36. The second-order valence-electron chi connectivity index (χ2n) is 3.27. The highest BCUT2D eigenvalue weighted by Crippen LogP contribution is 1.96. The van der Waals surface area contributed by atoms with E-state index in [0.717, 1.165) is 0 Å². The van der Waals surface area contributed by atoms with E-state index in [4.69, 9.17) is 11.5 Å². The standard InChI is InChI=1S/C10H18N2O2/c1-4-5-11-10(14)8-12(6-7-13)9(2)3/h1,9,13H,5-8H2,2-3H3,(H,11,14). The molecule has 14 heavy (non-hydrogen) atoms. The number of carbonyl (C=O) groups is 1. The molecule has 80 valence electrons. The first-order valence-electron chi connectivity index (χ1n) is 4.67.